The van der Waals surface area contributed by atoms with Crippen LogP contribution in [0, 0.1) is 0 Å². The number of rotatable bonds is 8. The van der Waals surface area contributed by atoms with Crippen LogP contribution in [0.1, 0.15) is 44.4 Å². The molecule has 2 atom stereocenters. The number of aliphatic hydroxyl groups is 1. The molecule has 136 valence electrons. The number of nitrogens with one attached hydrogen (secondary N) is 2. The number of nitrogens with zero attached hydrogens (tertiary/aromatic N) is 1. The van der Waals surface area contributed by atoms with Gasteiger partial charge in [0.05, 0.1) is 12.8 Å². The lowest BCUT2D eigenvalue weighted by atomic mass is 9.97. The fraction of sp³-hybridized carbons (Fsp3) is 0.450. The summed E-state index contributed by atoms with van der Waals surface area (Å²) in [6.45, 7) is 7.68. The summed E-state index contributed by atoms with van der Waals surface area (Å²) in [5.74, 6) is 1.63. The Hall–Kier alpha value is -2.27. The summed E-state index contributed by atoms with van der Waals surface area (Å²) < 4.78 is 5.30. The van der Waals surface area contributed by atoms with E-state index in [2.05, 4.69) is 46.8 Å². The van der Waals surface area contributed by atoms with Crippen LogP contribution in [0.25, 0.3) is 0 Å². The Bertz CT molecular complexity index is 636. The molecule has 2 unspecified atom stereocenters. The van der Waals surface area contributed by atoms with Gasteiger partial charge in [-0.25, -0.2) is 4.99 Å². The summed E-state index contributed by atoms with van der Waals surface area (Å²) in [4.78, 5) is 4.53. The van der Waals surface area contributed by atoms with Crippen molar-refractivity contribution in [3.63, 3.8) is 0 Å². The Morgan fingerprint density at radius 1 is 1.16 bits per heavy atom. The van der Waals surface area contributed by atoms with Gasteiger partial charge in [0.1, 0.15) is 11.4 Å². The van der Waals surface area contributed by atoms with Gasteiger partial charge >= 0.3 is 0 Å². The Morgan fingerprint density at radius 2 is 1.92 bits per heavy atom. The SMILES string of the molecule is CCNC(=NCC(C)(O)c1ccco1)NCC(CC)c1ccccc1. The molecule has 0 amide bonds. The minimum absolute atomic E-state index is 0.220. The first-order valence-corrected chi connectivity index (χ1v) is 8.90. The Balaban J connectivity index is 2.00. The van der Waals surface area contributed by atoms with Gasteiger partial charge in [-0.1, -0.05) is 37.3 Å². The first-order chi connectivity index (χ1) is 12.1. The molecule has 0 spiro atoms. The van der Waals surface area contributed by atoms with Gasteiger partial charge in [0.25, 0.3) is 0 Å². The van der Waals surface area contributed by atoms with Crippen LogP contribution in [-0.4, -0.2) is 30.7 Å². The fourth-order valence-corrected chi connectivity index (χ4v) is 2.68. The maximum absolute atomic E-state index is 10.5. The number of hydrogen-bond donors (Lipinski definition) is 3. The van der Waals surface area contributed by atoms with Crippen LogP contribution in [0.4, 0.5) is 0 Å². The highest BCUT2D eigenvalue weighted by atomic mass is 16.4. The van der Waals surface area contributed by atoms with Crippen molar-refractivity contribution in [3.8, 4) is 0 Å². The summed E-state index contributed by atoms with van der Waals surface area (Å²) in [6, 6.07) is 14.0. The van der Waals surface area contributed by atoms with Crippen molar-refractivity contribution in [2.24, 2.45) is 4.99 Å². The zero-order chi connectivity index (χ0) is 18.1. The van der Waals surface area contributed by atoms with E-state index in [0.29, 0.717) is 17.6 Å². The maximum Gasteiger partial charge on any atom is 0.191 e. The first kappa shape index (κ1) is 19.1. The molecule has 1 heterocycles. The molecule has 1 aromatic heterocycles. The highest BCUT2D eigenvalue weighted by molar-refractivity contribution is 5.79. The minimum Gasteiger partial charge on any atom is -0.466 e. The zero-order valence-electron chi connectivity index (χ0n) is 15.3. The second-order valence-electron chi connectivity index (χ2n) is 6.34. The highest BCUT2D eigenvalue weighted by Gasteiger charge is 2.26. The second-order valence-corrected chi connectivity index (χ2v) is 6.34. The number of furan rings is 1. The quantitative estimate of drug-likeness (QED) is 0.508. The third-order valence-corrected chi connectivity index (χ3v) is 4.22. The van der Waals surface area contributed by atoms with Gasteiger partial charge < -0.3 is 20.2 Å². The van der Waals surface area contributed by atoms with Gasteiger partial charge in [-0.2, -0.15) is 0 Å². The molecule has 5 nitrogen and oxygen atoms in total. The Labute approximate surface area is 150 Å². The van der Waals surface area contributed by atoms with Crippen LogP contribution in [0.15, 0.2) is 58.1 Å². The van der Waals surface area contributed by atoms with Crippen molar-refractivity contribution >= 4 is 5.96 Å². The zero-order valence-corrected chi connectivity index (χ0v) is 15.3. The average Bonchev–Trinajstić information content (AvgIpc) is 3.17. The van der Waals surface area contributed by atoms with Crippen LogP contribution < -0.4 is 10.6 Å². The molecule has 0 bridgehead atoms. The molecule has 0 aliphatic carbocycles. The monoisotopic (exact) mass is 343 g/mol. The summed E-state index contributed by atoms with van der Waals surface area (Å²) >= 11 is 0. The van der Waals surface area contributed by atoms with Gasteiger partial charge in [-0.05, 0) is 38.0 Å². The molecule has 5 heteroatoms. The smallest absolute Gasteiger partial charge is 0.191 e. The summed E-state index contributed by atoms with van der Waals surface area (Å²) in [6.07, 6.45) is 2.60. The lowest BCUT2D eigenvalue weighted by Gasteiger charge is -2.21. The van der Waals surface area contributed by atoms with Crippen molar-refractivity contribution in [2.45, 2.75) is 38.7 Å². The molecular formula is C20H29N3O2. The molecular weight excluding hydrogens is 314 g/mol. The Morgan fingerprint density at radius 3 is 2.52 bits per heavy atom. The van der Waals surface area contributed by atoms with Crippen molar-refractivity contribution in [3.05, 3.63) is 60.1 Å². The lowest BCUT2D eigenvalue weighted by Crippen LogP contribution is -2.40. The summed E-state index contributed by atoms with van der Waals surface area (Å²) in [5.41, 5.74) is 0.186. The van der Waals surface area contributed by atoms with E-state index in [9.17, 15) is 5.11 Å². The molecule has 1 aromatic carbocycles. The standard InChI is InChI=1S/C20H29N3O2/c1-4-16(17-10-7-6-8-11-17)14-22-19(21-5-2)23-15-20(3,24)18-12-9-13-25-18/h6-13,16,24H,4-5,14-15H2,1-3H3,(H2,21,22,23). The van der Waals surface area contributed by atoms with Gasteiger partial charge in [-0.15, -0.1) is 0 Å². The van der Waals surface area contributed by atoms with Gasteiger partial charge in [0, 0.05) is 19.0 Å². The molecule has 3 N–H and O–H groups in total. The lowest BCUT2D eigenvalue weighted by molar-refractivity contribution is 0.0437. The third kappa shape index (κ3) is 5.64. The fourth-order valence-electron chi connectivity index (χ4n) is 2.68. The van der Waals surface area contributed by atoms with Crippen molar-refractivity contribution in [1.29, 1.82) is 0 Å². The van der Waals surface area contributed by atoms with Crippen LogP contribution in [-0.2, 0) is 5.60 Å². The van der Waals surface area contributed by atoms with E-state index >= 15 is 0 Å². The number of hydrogen-bond acceptors (Lipinski definition) is 3. The molecule has 0 aliphatic rings. The number of guanidine groups is 1. The van der Waals surface area contributed by atoms with E-state index in [0.717, 1.165) is 19.5 Å². The van der Waals surface area contributed by atoms with Crippen LogP contribution in [0.3, 0.4) is 0 Å². The van der Waals surface area contributed by atoms with Gasteiger partial charge in [0.15, 0.2) is 5.96 Å². The first-order valence-electron chi connectivity index (χ1n) is 8.90. The second kappa shape index (κ2) is 9.28. The van der Waals surface area contributed by atoms with Crippen molar-refractivity contribution in [2.75, 3.05) is 19.6 Å². The van der Waals surface area contributed by atoms with E-state index in [-0.39, 0.29) is 6.54 Å². The van der Waals surface area contributed by atoms with Gasteiger partial charge in [0.2, 0.25) is 0 Å². The van der Waals surface area contributed by atoms with Crippen LogP contribution in [0.5, 0.6) is 0 Å². The highest BCUT2D eigenvalue weighted by Crippen LogP contribution is 2.21. The predicted octanol–water partition coefficient (Wildman–Crippen LogP) is 3.24. The Kier molecular flexibility index (Phi) is 7.07. The third-order valence-electron chi connectivity index (χ3n) is 4.22. The maximum atomic E-state index is 10.5. The average molecular weight is 343 g/mol. The summed E-state index contributed by atoms with van der Waals surface area (Å²) in [5, 5.41) is 17.2. The topological polar surface area (TPSA) is 69.8 Å². The molecule has 0 saturated carbocycles. The molecule has 25 heavy (non-hydrogen) atoms. The molecule has 2 rings (SSSR count). The predicted molar refractivity (Wildman–Crippen MR) is 102 cm³/mol. The number of aliphatic imine (C=N–C) groups is 1. The number of benzene rings is 1. The van der Waals surface area contributed by atoms with Crippen molar-refractivity contribution in [1.82, 2.24) is 10.6 Å². The normalized spacial score (nSPS) is 15.4. The van der Waals surface area contributed by atoms with Crippen molar-refractivity contribution < 1.29 is 9.52 Å². The van der Waals surface area contributed by atoms with E-state index < -0.39 is 5.60 Å². The molecule has 0 fully saturated rings. The van der Waals surface area contributed by atoms with E-state index in [1.807, 2.05) is 13.0 Å². The van der Waals surface area contributed by atoms with E-state index in [4.69, 9.17) is 4.42 Å². The minimum atomic E-state index is -1.13. The van der Waals surface area contributed by atoms with Crippen LogP contribution in [0.2, 0.25) is 0 Å². The van der Waals surface area contributed by atoms with Crippen LogP contribution >= 0.6 is 0 Å². The molecule has 2 aromatic rings. The largest absolute Gasteiger partial charge is 0.466 e. The van der Waals surface area contributed by atoms with E-state index in [1.54, 1.807) is 25.3 Å². The molecule has 0 saturated heterocycles. The molecule has 0 radical (unpaired) electrons. The summed E-state index contributed by atoms with van der Waals surface area (Å²) in [7, 11) is 0. The van der Waals surface area contributed by atoms with Gasteiger partial charge in [-0.3, -0.25) is 0 Å². The molecule has 0 aliphatic heterocycles. The van der Waals surface area contributed by atoms with E-state index in [1.165, 1.54) is 5.56 Å².